The van der Waals surface area contributed by atoms with Gasteiger partial charge in [-0.05, 0) is 49.2 Å². The molecule has 156 valence electrons. The van der Waals surface area contributed by atoms with Crippen LogP contribution in [0, 0.1) is 5.82 Å². The quantitative estimate of drug-likeness (QED) is 0.739. The van der Waals surface area contributed by atoms with Crippen LogP contribution in [0.2, 0.25) is 0 Å². The first-order valence-electron chi connectivity index (χ1n) is 9.62. The fourth-order valence-corrected chi connectivity index (χ4v) is 5.24. The van der Waals surface area contributed by atoms with E-state index >= 15 is 0 Å². The van der Waals surface area contributed by atoms with E-state index < -0.39 is 21.7 Å². The van der Waals surface area contributed by atoms with Crippen LogP contribution in [0.15, 0.2) is 53.4 Å². The molecule has 1 saturated carbocycles. The van der Waals surface area contributed by atoms with E-state index in [1.807, 2.05) is 0 Å². The number of amides is 1. The van der Waals surface area contributed by atoms with E-state index in [4.69, 9.17) is 4.74 Å². The highest BCUT2D eigenvalue weighted by atomic mass is 32.2. The van der Waals surface area contributed by atoms with Gasteiger partial charge < -0.3 is 10.1 Å². The second kappa shape index (κ2) is 9.37. The summed E-state index contributed by atoms with van der Waals surface area (Å²) in [7, 11) is -2.45. The standard InChI is InChI=1S/C21H25FN2O4S/c1-28-20-10-6-5-9-19(20)23-21(25)15-24(17-7-3-2-4-8-17)29(26,27)18-13-11-16(22)12-14-18/h5-6,9-14,17H,2-4,7-8,15H2,1H3,(H,23,25). The number of nitrogens with zero attached hydrogens (tertiary/aromatic N) is 1. The van der Waals surface area contributed by atoms with Gasteiger partial charge in [0.2, 0.25) is 15.9 Å². The fourth-order valence-electron chi connectivity index (χ4n) is 3.60. The van der Waals surface area contributed by atoms with Gasteiger partial charge in [-0.2, -0.15) is 4.31 Å². The molecular weight excluding hydrogens is 395 g/mol. The Bertz CT molecular complexity index is 941. The Morgan fingerprint density at radius 3 is 2.41 bits per heavy atom. The van der Waals surface area contributed by atoms with Crippen LogP contribution < -0.4 is 10.1 Å². The third-order valence-electron chi connectivity index (χ3n) is 5.08. The molecule has 0 unspecified atom stereocenters. The highest BCUT2D eigenvalue weighted by Crippen LogP contribution is 2.28. The molecule has 2 aromatic rings. The lowest BCUT2D eigenvalue weighted by atomic mass is 9.95. The van der Waals surface area contributed by atoms with Crippen molar-refractivity contribution >= 4 is 21.6 Å². The fraction of sp³-hybridized carbons (Fsp3) is 0.381. The third kappa shape index (κ3) is 5.13. The van der Waals surface area contributed by atoms with Crippen LogP contribution >= 0.6 is 0 Å². The highest BCUT2D eigenvalue weighted by Gasteiger charge is 2.34. The normalized spacial score (nSPS) is 15.3. The first-order chi connectivity index (χ1) is 13.9. The molecule has 0 aromatic heterocycles. The second-order valence-electron chi connectivity index (χ2n) is 7.04. The van der Waals surface area contributed by atoms with Gasteiger partial charge >= 0.3 is 0 Å². The molecule has 1 aliphatic carbocycles. The minimum atomic E-state index is -3.95. The van der Waals surface area contributed by atoms with Gasteiger partial charge in [-0.25, -0.2) is 12.8 Å². The maximum absolute atomic E-state index is 13.3. The number of halogens is 1. The summed E-state index contributed by atoms with van der Waals surface area (Å²) in [5.41, 5.74) is 0.475. The van der Waals surface area contributed by atoms with Gasteiger partial charge in [-0.1, -0.05) is 31.4 Å². The maximum Gasteiger partial charge on any atom is 0.243 e. The Morgan fingerprint density at radius 2 is 1.76 bits per heavy atom. The predicted octanol–water partition coefficient (Wildman–Crippen LogP) is 3.80. The Hall–Kier alpha value is -2.45. The Balaban J connectivity index is 1.85. The number of carbonyl (C=O) groups is 1. The summed E-state index contributed by atoms with van der Waals surface area (Å²) in [6, 6.07) is 11.4. The molecule has 1 fully saturated rings. The number of rotatable bonds is 7. The molecule has 3 rings (SSSR count). The van der Waals surface area contributed by atoms with Crippen molar-refractivity contribution in [3.63, 3.8) is 0 Å². The third-order valence-corrected chi connectivity index (χ3v) is 7.00. The molecule has 0 bridgehead atoms. The topological polar surface area (TPSA) is 75.7 Å². The van der Waals surface area contributed by atoms with Crippen molar-refractivity contribution in [1.82, 2.24) is 4.31 Å². The number of para-hydroxylation sites is 2. The van der Waals surface area contributed by atoms with E-state index in [0.29, 0.717) is 24.3 Å². The number of anilines is 1. The number of benzene rings is 2. The van der Waals surface area contributed by atoms with E-state index in [0.717, 1.165) is 31.4 Å². The van der Waals surface area contributed by atoms with E-state index in [-0.39, 0.29) is 17.5 Å². The summed E-state index contributed by atoms with van der Waals surface area (Å²) in [4.78, 5) is 12.7. The molecule has 1 N–H and O–H groups in total. The minimum absolute atomic E-state index is 0.0189. The zero-order chi connectivity index (χ0) is 20.9. The molecule has 0 aliphatic heterocycles. The van der Waals surface area contributed by atoms with Crippen molar-refractivity contribution in [2.24, 2.45) is 0 Å². The monoisotopic (exact) mass is 420 g/mol. The Labute approximate surface area is 170 Å². The number of carbonyl (C=O) groups excluding carboxylic acids is 1. The molecule has 0 heterocycles. The van der Waals surface area contributed by atoms with Gasteiger partial charge in [-0.3, -0.25) is 4.79 Å². The summed E-state index contributed by atoms with van der Waals surface area (Å²) in [6.07, 6.45) is 4.27. The van der Waals surface area contributed by atoms with Crippen molar-refractivity contribution < 1.29 is 22.3 Å². The van der Waals surface area contributed by atoms with Crippen molar-refractivity contribution in [2.75, 3.05) is 19.0 Å². The van der Waals surface area contributed by atoms with Crippen molar-refractivity contribution in [3.05, 3.63) is 54.3 Å². The predicted molar refractivity (Wildman–Crippen MR) is 109 cm³/mol. The zero-order valence-electron chi connectivity index (χ0n) is 16.3. The van der Waals surface area contributed by atoms with Gasteiger partial charge in [-0.15, -0.1) is 0 Å². The average Bonchev–Trinajstić information content (AvgIpc) is 2.73. The number of ether oxygens (including phenoxy) is 1. The summed E-state index contributed by atoms with van der Waals surface area (Å²) in [5.74, 6) is -0.473. The summed E-state index contributed by atoms with van der Waals surface area (Å²) >= 11 is 0. The van der Waals surface area contributed by atoms with Gasteiger partial charge in [0.05, 0.1) is 24.2 Å². The highest BCUT2D eigenvalue weighted by molar-refractivity contribution is 7.89. The van der Waals surface area contributed by atoms with Gasteiger partial charge in [0.1, 0.15) is 11.6 Å². The maximum atomic E-state index is 13.3. The average molecular weight is 421 g/mol. The van der Waals surface area contributed by atoms with Crippen LogP contribution in [-0.4, -0.2) is 38.3 Å². The van der Waals surface area contributed by atoms with Crippen LogP contribution in [0.3, 0.4) is 0 Å². The van der Waals surface area contributed by atoms with Crippen molar-refractivity contribution in [1.29, 1.82) is 0 Å². The minimum Gasteiger partial charge on any atom is -0.495 e. The van der Waals surface area contributed by atoms with Gasteiger partial charge in [0.15, 0.2) is 0 Å². The molecule has 6 nitrogen and oxygen atoms in total. The van der Waals surface area contributed by atoms with Crippen LogP contribution in [-0.2, 0) is 14.8 Å². The van der Waals surface area contributed by atoms with Crippen molar-refractivity contribution in [3.8, 4) is 5.75 Å². The summed E-state index contributed by atoms with van der Waals surface area (Å²) < 4.78 is 46.3. The van der Waals surface area contributed by atoms with Crippen LogP contribution in [0.1, 0.15) is 32.1 Å². The van der Waals surface area contributed by atoms with Gasteiger partial charge in [0, 0.05) is 6.04 Å². The number of nitrogens with one attached hydrogen (secondary N) is 1. The number of hydrogen-bond acceptors (Lipinski definition) is 4. The molecule has 29 heavy (non-hydrogen) atoms. The molecule has 0 atom stereocenters. The SMILES string of the molecule is COc1ccccc1NC(=O)CN(C1CCCCC1)S(=O)(=O)c1ccc(F)cc1. The van der Waals surface area contributed by atoms with Crippen LogP contribution in [0.25, 0.3) is 0 Å². The molecule has 1 amide bonds. The molecule has 0 spiro atoms. The van der Waals surface area contributed by atoms with Crippen LogP contribution in [0.4, 0.5) is 10.1 Å². The molecule has 8 heteroatoms. The van der Waals surface area contributed by atoms with E-state index in [1.165, 1.54) is 23.5 Å². The van der Waals surface area contributed by atoms with E-state index in [2.05, 4.69) is 5.32 Å². The first kappa shape index (κ1) is 21.3. The lowest BCUT2D eigenvalue weighted by Gasteiger charge is -2.33. The number of hydrogen-bond donors (Lipinski definition) is 1. The molecule has 1 aliphatic rings. The van der Waals surface area contributed by atoms with E-state index in [9.17, 15) is 17.6 Å². The largest absolute Gasteiger partial charge is 0.495 e. The molecular formula is C21H25FN2O4S. The summed E-state index contributed by atoms with van der Waals surface area (Å²) in [5, 5.41) is 2.73. The Morgan fingerprint density at radius 1 is 1.10 bits per heavy atom. The van der Waals surface area contributed by atoms with Crippen molar-refractivity contribution in [2.45, 2.75) is 43.0 Å². The molecule has 0 radical (unpaired) electrons. The second-order valence-corrected chi connectivity index (χ2v) is 8.94. The smallest absolute Gasteiger partial charge is 0.243 e. The zero-order valence-corrected chi connectivity index (χ0v) is 17.1. The number of methoxy groups -OCH3 is 1. The summed E-state index contributed by atoms with van der Waals surface area (Å²) in [6.45, 7) is -0.317. The first-order valence-corrected chi connectivity index (χ1v) is 11.1. The van der Waals surface area contributed by atoms with Crippen LogP contribution in [0.5, 0.6) is 5.75 Å². The number of sulfonamides is 1. The molecule has 0 saturated heterocycles. The lowest BCUT2D eigenvalue weighted by molar-refractivity contribution is -0.116. The Kier molecular flexibility index (Phi) is 6.87. The van der Waals surface area contributed by atoms with E-state index in [1.54, 1.807) is 24.3 Å². The molecule has 2 aromatic carbocycles. The van der Waals surface area contributed by atoms with Gasteiger partial charge in [0.25, 0.3) is 0 Å². The lowest BCUT2D eigenvalue weighted by Crippen LogP contribution is -2.45.